The van der Waals surface area contributed by atoms with Crippen LogP contribution in [0, 0.1) is 17.8 Å². The zero-order valence-corrected chi connectivity index (χ0v) is 10.5. The van der Waals surface area contributed by atoms with Crippen LogP contribution >= 0.6 is 23.2 Å². The molecule has 0 aliphatic rings. The van der Waals surface area contributed by atoms with Crippen molar-refractivity contribution in [2.75, 3.05) is 0 Å². The van der Waals surface area contributed by atoms with Crippen molar-refractivity contribution in [3.8, 4) is 11.8 Å². The number of hydrogen-bond donors (Lipinski definition) is 0. The standard InChI is InChI=1S/C13H14Cl2/c1-3-4-5-10(2)8-11-9-12(14)6-7-13(11)15/h6-7,9-10H,3,8H2,1-2H3. The van der Waals surface area contributed by atoms with Gasteiger partial charge in [-0.25, -0.2) is 0 Å². The van der Waals surface area contributed by atoms with Crippen molar-refractivity contribution in [1.82, 2.24) is 0 Å². The molecule has 1 atom stereocenters. The zero-order valence-electron chi connectivity index (χ0n) is 8.98. The molecule has 1 aromatic rings. The molecule has 2 heteroatoms. The quantitative estimate of drug-likeness (QED) is 0.664. The van der Waals surface area contributed by atoms with Crippen LogP contribution in [0.4, 0.5) is 0 Å². The Morgan fingerprint density at radius 3 is 2.73 bits per heavy atom. The summed E-state index contributed by atoms with van der Waals surface area (Å²) in [4.78, 5) is 0. The number of rotatable bonds is 2. The largest absolute Gasteiger partial charge is 0.103 e. The molecule has 0 amide bonds. The summed E-state index contributed by atoms with van der Waals surface area (Å²) in [5.41, 5.74) is 1.07. The average molecular weight is 241 g/mol. The predicted octanol–water partition coefficient (Wildman–Crippen LogP) is 4.59. The molecular weight excluding hydrogens is 227 g/mol. The summed E-state index contributed by atoms with van der Waals surface area (Å²) in [6, 6.07) is 5.54. The van der Waals surface area contributed by atoms with E-state index in [4.69, 9.17) is 23.2 Å². The maximum Gasteiger partial charge on any atom is 0.0439 e. The molecule has 0 aliphatic heterocycles. The van der Waals surface area contributed by atoms with Gasteiger partial charge in [-0.15, -0.1) is 5.92 Å². The van der Waals surface area contributed by atoms with Gasteiger partial charge in [0.2, 0.25) is 0 Å². The van der Waals surface area contributed by atoms with E-state index < -0.39 is 0 Å². The van der Waals surface area contributed by atoms with Gasteiger partial charge in [0, 0.05) is 22.4 Å². The van der Waals surface area contributed by atoms with E-state index in [0.717, 1.165) is 28.5 Å². The Hall–Kier alpha value is -0.640. The molecule has 0 saturated carbocycles. The van der Waals surface area contributed by atoms with E-state index in [2.05, 4.69) is 18.8 Å². The molecule has 0 fully saturated rings. The third-order valence-corrected chi connectivity index (χ3v) is 2.66. The van der Waals surface area contributed by atoms with Crippen LogP contribution in [0.25, 0.3) is 0 Å². The Kier molecular flexibility index (Phi) is 5.02. The lowest BCUT2D eigenvalue weighted by molar-refractivity contribution is 0.749. The topological polar surface area (TPSA) is 0 Å². The summed E-state index contributed by atoms with van der Waals surface area (Å²) in [6.07, 6.45) is 1.75. The van der Waals surface area contributed by atoms with E-state index in [1.807, 2.05) is 19.1 Å². The minimum Gasteiger partial charge on any atom is -0.103 e. The lowest BCUT2D eigenvalue weighted by atomic mass is 10.0. The van der Waals surface area contributed by atoms with Crippen LogP contribution in [-0.4, -0.2) is 0 Å². The highest BCUT2D eigenvalue weighted by molar-refractivity contribution is 6.33. The number of hydrogen-bond acceptors (Lipinski definition) is 0. The maximum absolute atomic E-state index is 6.07. The second kappa shape index (κ2) is 6.05. The minimum absolute atomic E-state index is 0.320. The molecule has 0 radical (unpaired) electrons. The molecule has 1 aromatic carbocycles. The van der Waals surface area contributed by atoms with Crippen LogP contribution in [0.5, 0.6) is 0 Å². The van der Waals surface area contributed by atoms with E-state index in [0.29, 0.717) is 5.92 Å². The fourth-order valence-corrected chi connectivity index (χ4v) is 1.75. The van der Waals surface area contributed by atoms with E-state index in [1.54, 1.807) is 6.07 Å². The smallest absolute Gasteiger partial charge is 0.0439 e. The first-order chi connectivity index (χ1) is 7.13. The van der Waals surface area contributed by atoms with Crippen LogP contribution in [0.1, 0.15) is 25.8 Å². The fourth-order valence-electron chi connectivity index (χ4n) is 1.36. The Balaban J connectivity index is 2.75. The van der Waals surface area contributed by atoms with Gasteiger partial charge < -0.3 is 0 Å². The van der Waals surface area contributed by atoms with Crippen LogP contribution in [-0.2, 0) is 6.42 Å². The van der Waals surface area contributed by atoms with Crippen molar-refractivity contribution in [3.05, 3.63) is 33.8 Å². The van der Waals surface area contributed by atoms with Gasteiger partial charge in [-0.3, -0.25) is 0 Å². The first-order valence-electron chi connectivity index (χ1n) is 5.05. The molecule has 80 valence electrons. The van der Waals surface area contributed by atoms with Gasteiger partial charge in [-0.1, -0.05) is 43.0 Å². The highest BCUT2D eigenvalue weighted by Gasteiger charge is 2.05. The molecule has 0 spiro atoms. The third-order valence-electron chi connectivity index (χ3n) is 2.06. The lowest BCUT2D eigenvalue weighted by Gasteiger charge is -2.07. The van der Waals surface area contributed by atoms with E-state index in [1.165, 1.54) is 0 Å². The van der Waals surface area contributed by atoms with Gasteiger partial charge in [0.25, 0.3) is 0 Å². The molecule has 15 heavy (non-hydrogen) atoms. The van der Waals surface area contributed by atoms with Crippen molar-refractivity contribution < 1.29 is 0 Å². The van der Waals surface area contributed by atoms with Crippen LogP contribution < -0.4 is 0 Å². The van der Waals surface area contributed by atoms with Gasteiger partial charge in [-0.05, 0) is 30.2 Å². The summed E-state index contributed by atoms with van der Waals surface area (Å²) in [5.74, 6) is 6.57. The summed E-state index contributed by atoms with van der Waals surface area (Å²) in [5, 5.41) is 1.49. The Bertz CT molecular complexity index is 385. The monoisotopic (exact) mass is 240 g/mol. The highest BCUT2D eigenvalue weighted by atomic mass is 35.5. The average Bonchev–Trinajstić information content (AvgIpc) is 2.20. The molecule has 0 nitrogen and oxygen atoms in total. The molecule has 0 N–H and O–H groups in total. The normalized spacial score (nSPS) is 11.7. The van der Waals surface area contributed by atoms with Gasteiger partial charge >= 0.3 is 0 Å². The van der Waals surface area contributed by atoms with E-state index in [9.17, 15) is 0 Å². The maximum atomic E-state index is 6.07. The zero-order chi connectivity index (χ0) is 11.3. The van der Waals surface area contributed by atoms with Crippen LogP contribution in [0.2, 0.25) is 10.0 Å². The van der Waals surface area contributed by atoms with Crippen molar-refractivity contribution in [1.29, 1.82) is 0 Å². The van der Waals surface area contributed by atoms with Crippen molar-refractivity contribution >= 4 is 23.2 Å². The Morgan fingerprint density at radius 2 is 2.07 bits per heavy atom. The second-order valence-electron chi connectivity index (χ2n) is 3.52. The molecule has 1 unspecified atom stereocenters. The predicted molar refractivity (Wildman–Crippen MR) is 67.4 cm³/mol. The molecule has 0 bridgehead atoms. The number of benzene rings is 1. The molecule has 1 rings (SSSR count). The first-order valence-corrected chi connectivity index (χ1v) is 5.81. The fraction of sp³-hybridized carbons (Fsp3) is 0.385. The minimum atomic E-state index is 0.320. The molecular formula is C13H14Cl2. The second-order valence-corrected chi connectivity index (χ2v) is 4.36. The summed E-state index contributed by atoms with van der Waals surface area (Å²) < 4.78 is 0. The summed E-state index contributed by atoms with van der Waals surface area (Å²) in [7, 11) is 0. The number of halogens is 2. The molecule has 0 aliphatic carbocycles. The Morgan fingerprint density at radius 1 is 1.33 bits per heavy atom. The molecule has 0 heterocycles. The Labute approximate surface area is 102 Å². The van der Waals surface area contributed by atoms with Gasteiger partial charge in [0.1, 0.15) is 0 Å². The lowest BCUT2D eigenvalue weighted by Crippen LogP contribution is -1.97. The molecule has 0 saturated heterocycles. The SMILES string of the molecule is CCC#CC(C)Cc1cc(Cl)ccc1Cl. The van der Waals surface area contributed by atoms with Gasteiger partial charge in [0.05, 0.1) is 0 Å². The summed E-state index contributed by atoms with van der Waals surface area (Å²) in [6.45, 7) is 4.14. The van der Waals surface area contributed by atoms with Crippen molar-refractivity contribution in [3.63, 3.8) is 0 Å². The van der Waals surface area contributed by atoms with Crippen LogP contribution in [0.15, 0.2) is 18.2 Å². The first kappa shape index (κ1) is 12.4. The molecule has 0 aromatic heterocycles. The summed E-state index contributed by atoms with van der Waals surface area (Å²) >= 11 is 12.0. The van der Waals surface area contributed by atoms with Crippen molar-refractivity contribution in [2.24, 2.45) is 5.92 Å². The van der Waals surface area contributed by atoms with E-state index in [-0.39, 0.29) is 0 Å². The van der Waals surface area contributed by atoms with Gasteiger partial charge in [0.15, 0.2) is 0 Å². The van der Waals surface area contributed by atoms with Crippen molar-refractivity contribution in [2.45, 2.75) is 26.7 Å². The van der Waals surface area contributed by atoms with E-state index >= 15 is 0 Å². The van der Waals surface area contributed by atoms with Crippen LogP contribution in [0.3, 0.4) is 0 Å². The van der Waals surface area contributed by atoms with Gasteiger partial charge in [-0.2, -0.15) is 0 Å². The highest BCUT2D eigenvalue weighted by Crippen LogP contribution is 2.23. The third kappa shape index (κ3) is 4.16.